The molecule has 0 bridgehead atoms. The fraction of sp³-hybridized carbons (Fsp3) is 0.429. The van der Waals surface area contributed by atoms with Crippen molar-refractivity contribution < 1.29 is 10.1 Å². The first kappa shape index (κ1) is 10.8. The summed E-state index contributed by atoms with van der Waals surface area (Å²) in [5, 5.41) is 3.70. The predicted molar refractivity (Wildman–Crippen MR) is 67.8 cm³/mol. The molecule has 2 heterocycles. The monoisotopic (exact) mass is 231 g/mol. The van der Waals surface area contributed by atoms with Crippen molar-refractivity contribution in [3.8, 4) is 0 Å². The largest absolute Gasteiger partial charge is 0.372 e. The van der Waals surface area contributed by atoms with E-state index in [4.69, 9.17) is 4.74 Å². The summed E-state index contributed by atoms with van der Waals surface area (Å²) in [5.41, 5.74) is 2.62. The van der Waals surface area contributed by atoms with Gasteiger partial charge in [-0.2, -0.15) is 0 Å². The molecule has 3 N–H and O–H groups in total. The van der Waals surface area contributed by atoms with Crippen molar-refractivity contribution in [2.45, 2.75) is 25.5 Å². The van der Waals surface area contributed by atoms with Crippen LogP contribution in [0.1, 0.15) is 18.4 Å². The van der Waals surface area contributed by atoms with E-state index in [2.05, 4.69) is 40.8 Å². The van der Waals surface area contributed by atoms with Crippen LogP contribution in [0.4, 0.5) is 0 Å². The minimum Gasteiger partial charge on any atom is -0.372 e. The van der Waals surface area contributed by atoms with Gasteiger partial charge in [-0.15, -0.1) is 0 Å². The molecule has 2 aromatic rings. The minimum absolute atomic E-state index is 0.472. The Hall–Kier alpha value is -1.32. The van der Waals surface area contributed by atoms with Crippen molar-refractivity contribution in [2.24, 2.45) is 0 Å². The molecule has 1 fully saturated rings. The Bertz CT molecular complexity index is 486. The Balaban J connectivity index is 1.60. The Morgan fingerprint density at radius 2 is 2.29 bits per heavy atom. The first-order valence-electron chi connectivity index (χ1n) is 6.42. The number of nitrogens with one attached hydrogen (secondary N) is 1. The van der Waals surface area contributed by atoms with Gasteiger partial charge in [0.05, 0.1) is 0 Å². The van der Waals surface area contributed by atoms with E-state index >= 15 is 0 Å². The second kappa shape index (κ2) is 4.90. The molecule has 1 saturated heterocycles. The molecule has 1 aliphatic rings. The number of ether oxygens (including phenoxy) is 1. The van der Waals surface area contributed by atoms with Crippen molar-refractivity contribution in [1.82, 2.24) is 4.98 Å². The van der Waals surface area contributed by atoms with Crippen molar-refractivity contribution in [2.75, 3.05) is 13.2 Å². The zero-order valence-electron chi connectivity index (χ0n) is 9.99. The van der Waals surface area contributed by atoms with Gasteiger partial charge >= 0.3 is 0 Å². The van der Waals surface area contributed by atoms with Crippen molar-refractivity contribution >= 4 is 10.9 Å². The third-order valence-electron chi connectivity index (χ3n) is 3.49. The van der Waals surface area contributed by atoms with Crippen LogP contribution in [0.2, 0.25) is 0 Å². The zero-order chi connectivity index (χ0) is 11.5. The fourth-order valence-electron chi connectivity index (χ4n) is 2.56. The first-order valence-corrected chi connectivity index (χ1v) is 6.42. The molecule has 3 rings (SSSR count). The smallest absolute Gasteiger partial charge is 0.106 e. The molecule has 1 aromatic heterocycles. The van der Waals surface area contributed by atoms with Crippen LogP contribution < -0.4 is 5.32 Å². The van der Waals surface area contributed by atoms with Crippen molar-refractivity contribution in [3.05, 3.63) is 36.0 Å². The highest BCUT2D eigenvalue weighted by atomic mass is 16.5. The van der Waals surface area contributed by atoms with Gasteiger partial charge in [0.2, 0.25) is 0 Å². The number of para-hydroxylation sites is 1. The summed E-state index contributed by atoms with van der Waals surface area (Å²) in [6, 6.07) is 8.47. The summed E-state index contributed by atoms with van der Waals surface area (Å²) in [6.45, 7) is 3.06. The lowest BCUT2D eigenvalue weighted by molar-refractivity contribution is -0.676. The van der Waals surface area contributed by atoms with E-state index in [1.54, 1.807) is 0 Å². The number of hydrogen-bond acceptors (Lipinski definition) is 1. The summed E-state index contributed by atoms with van der Waals surface area (Å²) < 4.78 is 5.62. The standard InChI is InChI=1S/C14H18N2O/c1-2-6-14-13(5-1)11(9-16-14)8-15-10-12-4-3-7-17-12/h1-2,5-6,9,12,15-16H,3-4,7-8,10H2/p+1/t12-/m1/s1. The van der Waals surface area contributed by atoms with Gasteiger partial charge in [0.1, 0.15) is 19.2 Å². The Morgan fingerprint density at radius 3 is 3.18 bits per heavy atom. The maximum atomic E-state index is 5.62. The van der Waals surface area contributed by atoms with Gasteiger partial charge in [0.15, 0.2) is 0 Å². The molecule has 90 valence electrons. The minimum atomic E-state index is 0.472. The predicted octanol–water partition coefficient (Wildman–Crippen LogP) is 1.41. The van der Waals surface area contributed by atoms with Gasteiger partial charge < -0.3 is 15.0 Å². The van der Waals surface area contributed by atoms with Crippen LogP contribution in [0.3, 0.4) is 0 Å². The number of fused-ring (bicyclic) bond motifs is 1. The number of rotatable bonds is 4. The van der Waals surface area contributed by atoms with Crippen LogP contribution in [0.5, 0.6) is 0 Å². The third kappa shape index (κ3) is 2.35. The van der Waals surface area contributed by atoms with E-state index < -0.39 is 0 Å². The topological polar surface area (TPSA) is 41.6 Å². The highest BCUT2D eigenvalue weighted by Gasteiger charge is 2.17. The number of quaternary nitrogens is 1. The molecule has 1 atom stereocenters. The highest BCUT2D eigenvalue weighted by Crippen LogP contribution is 2.16. The van der Waals surface area contributed by atoms with E-state index in [0.29, 0.717) is 6.10 Å². The van der Waals surface area contributed by atoms with Crippen molar-refractivity contribution in [1.29, 1.82) is 0 Å². The number of benzene rings is 1. The van der Waals surface area contributed by atoms with Crippen LogP contribution in [-0.2, 0) is 11.3 Å². The van der Waals surface area contributed by atoms with Gasteiger partial charge in [0, 0.05) is 29.3 Å². The van der Waals surface area contributed by atoms with Crippen molar-refractivity contribution in [3.63, 3.8) is 0 Å². The molecule has 0 aliphatic carbocycles. The molecule has 3 heteroatoms. The molecule has 1 aliphatic heterocycles. The molecular weight excluding hydrogens is 212 g/mol. The second-order valence-electron chi connectivity index (χ2n) is 4.72. The van der Waals surface area contributed by atoms with E-state index in [1.165, 1.54) is 29.3 Å². The summed E-state index contributed by atoms with van der Waals surface area (Å²) >= 11 is 0. The number of H-pyrrole nitrogens is 1. The van der Waals surface area contributed by atoms with Gasteiger partial charge in [-0.3, -0.25) is 0 Å². The van der Waals surface area contributed by atoms with Gasteiger partial charge in [-0.25, -0.2) is 0 Å². The van der Waals surface area contributed by atoms with Gasteiger partial charge in [-0.05, 0) is 18.9 Å². The number of aromatic nitrogens is 1. The number of aromatic amines is 1. The Labute approximate surface area is 101 Å². The lowest BCUT2D eigenvalue weighted by Gasteiger charge is -2.07. The molecule has 0 unspecified atom stereocenters. The quantitative estimate of drug-likeness (QED) is 0.821. The molecule has 1 aromatic carbocycles. The summed E-state index contributed by atoms with van der Waals surface area (Å²) in [6.07, 6.45) is 5.05. The van der Waals surface area contributed by atoms with E-state index in [-0.39, 0.29) is 0 Å². The van der Waals surface area contributed by atoms with Crippen LogP contribution in [0, 0.1) is 0 Å². The molecule has 0 amide bonds. The SMILES string of the molecule is c1ccc2c(C[NH2+]C[C@H]3CCCO3)c[nH]c2c1. The van der Waals surface area contributed by atoms with E-state index in [0.717, 1.165) is 19.7 Å². The zero-order valence-corrected chi connectivity index (χ0v) is 9.99. The highest BCUT2D eigenvalue weighted by molar-refractivity contribution is 5.82. The maximum absolute atomic E-state index is 5.62. The number of nitrogens with two attached hydrogens (primary N) is 1. The first-order chi connectivity index (χ1) is 8.43. The third-order valence-corrected chi connectivity index (χ3v) is 3.49. The average molecular weight is 231 g/mol. The average Bonchev–Trinajstić information content (AvgIpc) is 2.99. The van der Waals surface area contributed by atoms with Gasteiger partial charge in [0.25, 0.3) is 0 Å². The molecular formula is C14H19N2O+. The van der Waals surface area contributed by atoms with Crippen LogP contribution >= 0.6 is 0 Å². The molecule has 0 saturated carbocycles. The summed E-state index contributed by atoms with van der Waals surface area (Å²) in [4.78, 5) is 3.32. The summed E-state index contributed by atoms with van der Waals surface area (Å²) in [7, 11) is 0. The maximum Gasteiger partial charge on any atom is 0.106 e. The second-order valence-corrected chi connectivity index (χ2v) is 4.72. The summed E-state index contributed by atoms with van der Waals surface area (Å²) in [5.74, 6) is 0. The lowest BCUT2D eigenvalue weighted by Crippen LogP contribution is -2.84. The Morgan fingerprint density at radius 1 is 1.35 bits per heavy atom. The normalized spacial score (nSPS) is 20.1. The lowest BCUT2D eigenvalue weighted by atomic mass is 10.1. The molecule has 3 nitrogen and oxygen atoms in total. The Kier molecular flexibility index (Phi) is 3.12. The van der Waals surface area contributed by atoms with Crippen LogP contribution in [0.25, 0.3) is 10.9 Å². The van der Waals surface area contributed by atoms with Crippen LogP contribution in [-0.4, -0.2) is 24.2 Å². The number of hydrogen-bond donors (Lipinski definition) is 2. The van der Waals surface area contributed by atoms with Crippen LogP contribution in [0.15, 0.2) is 30.5 Å². The van der Waals surface area contributed by atoms with Gasteiger partial charge in [-0.1, -0.05) is 18.2 Å². The molecule has 0 spiro atoms. The molecule has 0 radical (unpaired) electrons. The fourth-order valence-corrected chi connectivity index (χ4v) is 2.56. The molecule has 17 heavy (non-hydrogen) atoms. The van der Waals surface area contributed by atoms with E-state index in [1.807, 2.05) is 0 Å². The van der Waals surface area contributed by atoms with E-state index in [9.17, 15) is 0 Å².